The Labute approximate surface area is 176 Å². The number of halogens is 1. The Hall–Kier alpha value is -3.03. The molecule has 7 heteroatoms. The lowest BCUT2D eigenvalue weighted by atomic mass is 10.0. The summed E-state index contributed by atoms with van der Waals surface area (Å²) in [6.45, 7) is 1.76. The molecular weight excluding hydrogens is 403 g/mol. The van der Waals surface area contributed by atoms with Gasteiger partial charge in [0.05, 0.1) is 10.9 Å². The highest BCUT2D eigenvalue weighted by atomic mass is 32.2. The second kappa shape index (κ2) is 9.65. The maximum Gasteiger partial charge on any atom is 0.241 e. The molecule has 0 spiro atoms. The summed E-state index contributed by atoms with van der Waals surface area (Å²) >= 11 is 0. The number of hydrogen-bond donors (Lipinski definition) is 2. The van der Waals surface area contributed by atoms with Crippen molar-refractivity contribution in [2.75, 3.05) is 0 Å². The molecule has 0 aromatic heterocycles. The van der Waals surface area contributed by atoms with Gasteiger partial charge in [0.1, 0.15) is 11.9 Å². The number of carbonyl (C=O) groups is 1. The lowest BCUT2D eigenvalue weighted by molar-refractivity contribution is -0.123. The first kappa shape index (κ1) is 21.7. The van der Waals surface area contributed by atoms with E-state index in [2.05, 4.69) is 10.0 Å². The summed E-state index contributed by atoms with van der Waals surface area (Å²) < 4.78 is 41.3. The molecule has 1 amide bonds. The van der Waals surface area contributed by atoms with E-state index in [1.807, 2.05) is 30.3 Å². The molecule has 30 heavy (non-hydrogen) atoms. The van der Waals surface area contributed by atoms with Gasteiger partial charge in [0.2, 0.25) is 15.9 Å². The molecule has 0 saturated carbocycles. The van der Waals surface area contributed by atoms with Gasteiger partial charge >= 0.3 is 0 Å². The molecule has 2 atom stereocenters. The number of benzene rings is 3. The van der Waals surface area contributed by atoms with Crippen LogP contribution >= 0.6 is 0 Å². The second-order valence-corrected chi connectivity index (χ2v) is 8.67. The van der Waals surface area contributed by atoms with Gasteiger partial charge < -0.3 is 5.32 Å². The van der Waals surface area contributed by atoms with Gasteiger partial charge in [0.25, 0.3) is 0 Å². The van der Waals surface area contributed by atoms with Crippen LogP contribution in [0.25, 0.3) is 0 Å². The van der Waals surface area contributed by atoms with E-state index in [1.54, 1.807) is 37.3 Å². The fraction of sp³-hybridized carbons (Fsp3) is 0.174. The van der Waals surface area contributed by atoms with Crippen LogP contribution in [0.5, 0.6) is 0 Å². The van der Waals surface area contributed by atoms with Gasteiger partial charge in [-0.15, -0.1) is 0 Å². The predicted molar refractivity (Wildman–Crippen MR) is 114 cm³/mol. The van der Waals surface area contributed by atoms with Crippen molar-refractivity contribution in [3.05, 3.63) is 102 Å². The van der Waals surface area contributed by atoms with Gasteiger partial charge in [-0.05, 0) is 48.7 Å². The SMILES string of the molecule is CC(NC(=O)C(Cc1ccccc1)NS(=O)(=O)c1ccccc1)c1ccc(F)cc1. The summed E-state index contributed by atoms with van der Waals surface area (Å²) in [4.78, 5) is 13.1. The largest absolute Gasteiger partial charge is 0.348 e. The molecule has 0 aliphatic heterocycles. The van der Waals surface area contributed by atoms with Gasteiger partial charge in [-0.25, -0.2) is 12.8 Å². The third-order valence-electron chi connectivity index (χ3n) is 4.68. The molecule has 5 nitrogen and oxygen atoms in total. The number of rotatable bonds is 8. The summed E-state index contributed by atoms with van der Waals surface area (Å²) in [5, 5.41) is 2.82. The molecule has 0 bridgehead atoms. The molecule has 0 heterocycles. The van der Waals surface area contributed by atoms with Crippen molar-refractivity contribution in [1.29, 1.82) is 0 Å². The minimum absolute atomic E-state index is 0.0856. The number of sulfonamides is 1. The van der Waals surface area contributed by atoms with Crippen LogP contribution in [0.1, 0.15) is 24.1 Å². The van der Waals surface area contributed by atoms with Gasteiger partial charge in [-0.1, -0.05) is 60.7 Å². The Kier molecular flexibility index (Phi) is 6.97. The minimum Gasteiger partial charge on any atom is -0.348 e. The molecule has 156 valence electrons. The topological polar surface area (TPSA) is 75.3 Å². The maximum absolute atomic E-state index is 13.2. The number of nitrogens with one attached hydrogen (secondary N) is 2. The van der Waals surface area contributed by atoms with E-state index in [4.69, 9.17) is 0 Å². The van der Waals surface area contributed by atoms with Crippen molar-refractivity contribution >= 4 is 15.9 Å². The van der Waals surface area contributed by atoms with Crippen molar-refractivity contribution < 1.29 is 17.6 Å². The highest BCUT2D eigenvalue weighted by Crippen LogP contribution is 2.15. The number of amides is 1. The molecule has 3 aromatic carbocycles. The molecule has 2 N–H and O–H groups in total. The standard InChI is InChI=1S/C23H23FN2O3S/c1-17(19-12-14-20(24)15-13-19)25-23(27)22(16-18-8-4-2-5-9-18)26-30(28,29)21-10-6-3-7-11-21/h2-15,17,22,26H,16H2,1H3,(H,25,27). The monoisotopic (exact) mass is 426 g/mol. The normalized spacial score (nSPS) is 13.4. The Morgan fingerprint density at radius 1 is 0.900 bits per heavy atom. The lowest BCUT2D eigenvalue weighted by Crippen LogP contribution is -2.48. The summed E-state index contributed by atoms with van der Waals surface area (Å²) in [5.74, 6) is -0.829. The molecular formula is C23H23FN2O3S. The molecule has 2 unspecified atom stereocenters. The third-order valence-corrected chi connectivity index (χ3v) is 6.17. The number of hydrogen-bond acceptors (Lipinski definition) is 3. The van der Waals surface area contributed by atoms with Crippen molar-refractivity contribution in [2.45, 2.75) is 30.3 Å². The van der Waals surface area contributed by atoms with Crippen LogP contribution in [0.15, 0.2) is 89.8 Å². The Bertz CT molecular complexity index is 1070. The first-order valence-electron chi connectivity index (χ1n) is 9.52. The molecule has 0 aliphatic carbocycles. The van der Waals surface area contributed by atoms with Crippen LogP contribution in [-0.4, -0.2) is 20.4 Å². The smallest absolute Gasteiger partial charge is 0.241 e. The van der Waals surface area contributed by atoms with Gasteiger partial charge in [-0.2, -0.15) is 4.72 Å². The second-order valence-electron chi connectivity index (χ2n) is 6.96. The molecule has 0 radical (unpaired) electrons. The first-order valence-corrected chi connectivity index (χ1v) is 11.0. The van der Waals surface area contributed by atoms with Crippen LogP contribution in [0.3, 0.4) is 0 Å². The van der Waals surface area contributed by atoms with Crippen molar-refractivity contribution in [1.82, 2.24) is 10.0 Å². The van der Waals surface area contributed by atoms with E-state index >= 15 is 0 Å². The summed E-state index contributed by atoms with van der Waals surface area (Å²) in [5.41, 5.74) is 1.54. The number of carbonyl (C=O) groups excluding carboxylic acids is 1. The molecule has 0 fully saturated rings. The zero-order valence-corrected chi connectivity index (χ0v) is 17.3. The predicted octanol–water partition coefficient (Wildman–Crippen LogP) is 3.59. The highest BCUT2D eigenvalue weighted by molar-refractivity contribution is 7.89. The molecule has 0 aliphatic rings. The minimum atomic E-state index is -3.89. The molecule has 0 saturated heterocycles. The van der Waals surface area contributed by atoms with E-state index in [0.29, 0.717) is 5.56 Å². The van der Waals surface area contributed by atoms with Gasteiger partial charge in [0.15, 0.2) is 0 Å². The quantitative estimate of drug-likeness (QED) is 0.578. The van der Waals surface area contributed by atoms with Crippen LogP contribution in [0.2, 0.25) is 0 Å². The van der Waals surface area contributed by atoms with Crippen molar-refractivity contribution in [3.8, 4) is 0 Å². The fourth-order valence-electron chi connectivity index (χ4n) is 3.04. The van der Waals surface area contributed by atoms with Gasteiger partial charge in [-0.3, -0.25) is 4.79 Å². The highest BCUT2D eigenvalue weighted by Gasteiger charge is 2.27. The summed E-state index contributed by atoms with van der Waals surface area (Å²) in [7, 11) is -3.89. The first-order chi connectivity index (χ1) is 14.3. The van der Waals surface area contributed by atoms with Crippen molar-refractivity contribution in [3.63, 3.8) is 0 Å². The van der Waals surface area contributed by atoms with Crippen LogP contribution in [-0.2, 0) is 21.2 Å². The fourth-order valence-corrected chi connectivity index (χ4v) is 4.26. The zero-order valence-electron chi connectivity index (χ0n) is 16.5. The Morgan fingerprint density at radius 3 is 2.07 bits per heavy atom. The van der Waals surface area contributed by atoms with E-state index in [1.165, 1.54) is 24.3 Å². The summed E-state index contributed by atoms with van der Waals surface area (Å²) in [6, 6.07) is 21.5. The zero-order chi connectivity index (χ0) is 21.6. The maximum atomic E-state index is 13.2. The van der Waals surface area contributed by atoms with E-state index in [9.17, 15) is 17.6 Å². The van der Waals surface area contributed by atoms with Crippen LogP contribution < -0.4 is 10.0 Å². The van der Waals surface area contributed by atoms with Crippen molar-refractivity contribution in [2.24, 2.45) is 0 Å². The van der Waals surface area contributed by atoms with E-state index in [-0.39, 0.29) is 17.1 Å². The van der Waals surface area contributed by atoms with E-state index in [0.717, 1.165) is 5.56 Å². The average Bonchev–Trinajstić information content (AvgIpc) is 2.75. The molecule has 3 rings (SSSR count). The third kappa shape index (κ3) is 5.75. The average molecular weight is 427 g/mol. The van der Waals surface area contributed by atoms with Crippen LogP contribution in [0.4, 0.5) is 4.39 Å². The molecule has 3 aromatic rings. The Morgan fingerprint density at radius 2 is 1.47 bits per heavy atom. The van der Waals surface area contributed by atoms with Gasteiger partial charge in [0, 0.05) is 0 Å². The van der Waals surface area contributed by atoms with E-state index < -0.39 is 28.0 Å². The lowest BCUT2D eigenvalue weighted by Gasteiger charge is -2.22. The van der Waals surface area contributed by atoms with Crippen LogP contribution in [0, 0.1) is 5.82 Å². The Balaban J connectivity index is 1.81. The summed E-state index contributed by atoms with van der Waals surface area (Å²) in [6.07, 6.45) is 0.189.